The van der Waals surface area contributed by atoms with Crippen LogP contribution in [0.25, 0.3) is 0 Å². The number of rotatable bonds is 26. The van der Waals surface area contributed by atoms with Gasteiger partial charge in [0, 0.05) is 28.6 Å². The van der Waals surface area contributed by atoms with E-state index >= 15 is 0 Å². The van der Waals surface area contributed by atoms with Crippen molar-refractivity contribution < 1.29 is 0 Å². The Hall–Kier alpha value is -3.52. The van der Waals surface area contributed by atoms with Gasteiger partial charge in [-0.2, -0.15) is 0 Å². The van der Waals surface area contributed by atoms with Gasteiger partial charge in [-0.15, -0.1) is 0 Å². The Labute approximate surface area is 350 Å². The second-order valence-corrected chi connectivity index (χ2v) is 18.2. The Kier molecular flexibility index (Phi) is 19.1. The summed E-state index contributed by atoms with van der Waals surface area (Å²) in [4.78, 5) is 0. The van der Waals surface area contributed by atoms with Crippen molar-refractivity contribution in [3.8, 4) is 0 Å². The largest absolute Gasteiger partial charge is 0.399 e. The van der Waals surface area contributed by atoms with Crippen molar-refractivity contribution in [1.82, 2.24) is 0 Å². The third kappa shape index (κ3) is 13.8. The number of unbranched alkanes of at least 4 members (excludes halogenated alkanes) is 16. The van der Waals surface area contributed by atoms with E-state index in [0.29, 0.717) is 11.8 Å². The zero-order valence-corrected chi connectivity index (χ0v) is 36.6. The fourth-order valence-corrected chi connectivity index (χ4v) is 9.89. The molecule has 1 aliphatic rings. The van der Waals surface area contributed by atoms with Gasteiger partial charge in [-0.25, -0.2) is 0 Å². The average molecular weight is 769 g/mol. The van der Waals surface area contributed by atoms with E-state index in [1.807, 2.05) is 0 Å². The molecule has 0 saturated heterocycles. The van der Waals surface area contributed by atoms with E-state index in [9.17, 15) is 0 Å². The smallest absolute Gasteiger partial charge is 0.0314 e. The molecule has 1 saturated carbocycles. The third-order valence-electron chi connectivity index (χ3n) is 13.7. The second-order valence-electron chi connectivity index (χ2n) is 18.2. The molecule has 4 aromatic rings. The van der Waals surface area contributed by atoms with Gasteiger partial charge in [0.05, 0.1) is 0 Å². The van der Waals surface area contributed by atoms with E-state index in [2.05, 4.69) is 118 Å². The summed E-state index contributed by atoms with van der Waals surface area (Å²) in [5, 5.41) is 0. The van der Waals surface area contributed by atoms with Crippen molar-refractivity contribution in [3.05, 3.63) is 130 Å². The second kappa shape index (κ2) is 24.4. The molecule has 0 spiro atoms. The van der Waals surface area contributed by atoms with Gasteiger partial charge in [0.15, 0.2) is 0 Å². The predicted octanol–water partition coefficient (Wildman–Crippen LogP) is 16.5. The highest BCUT2D eigenvalue weighted by Crippen LogP contribution is 2.47. The van der Waals surface area contributed by atoms with Crippen molar-refractivity contribution in [2.24, 2.45) is 5.92 Å². The summed E-state index contributed by atoms with van der Waals surface area (Å²) in [5.74, 6) is 1.60. The van der Waals surface area contributed by atoms with Crippen LogP contribution < -0.4 is 11.5 Å². The summed E-state index contributed by atoms with van der Waals surface area (Å²) < 4.78 is 0. The van der Waals surface area contributed by atoms with E-state index < -0.39 is 0 Å². The maximum absolute atomic E-state index is 6.16. The zero-order chi connectivity index (χ0) is 40.1. The average Bonchev–Trinajstić information content (AvgIpc) is 3.24. The molecule has 0 amide bonds. The van der Waals surface area contributed by atoms with Crippen LogP contribution in [0.15, 0.2) is 97.1 Å². The number of hydrogen-bond donors (Lipinski definition) is 2. The van der Waals surface area contributed by atoms with Crippen LogP contribution in [0, 0.1) is 5.92 Å². The molecular formula is C55H80N2. The molecule has 2 heteroatoms. The van der Waals surface area contributed by atoms with Crippen LogP contribution in [0.4, 0.5) is 11.4 Å². The van der Waals surface area contributed by atoms with Crippen molar-refractivity contribution in [3.63, 3.8) is 0 Å². The van der Waals surface area contributed by atoms with Crippen LogP contribution >= 0.6 is 0 Å². The maximum atomic E-state index is 6.16. The summed E-state index contributed by atoms with van der Waals surface area (Å²) in [6.07, 6.45) is 31.9. The Morgan fingerprint density at radius 2 is 0.702 bits per heavy atom. The Morgan fingerprint density at radius 1 is 0.421 bits per heavy atom. The van der Waals surface area contributed by atoms with Gasteiger partial charge in [-0.1, -0.05) is 209 Å². The molecule has 1 fully saturated rings. The van der Waals surface area contributed by atoms with Crippen LogP contribution in [0.5, 0.6) is 0 Å². The summed E-state index contributed by atoms with van der Waals surface area (Å²) in [6, 6.07) is 37.3. The summed E-state index contributed by atoms with van der Waals surface area (Å²) in [6.45, 7) is 7.05. The molecule has 310 valence electrons. The molecule has 2 unspecified atom stereocenters. The minimum atomic E-state index is 0.0607. The lowest BCUT2D eigenvalue weighted by Crippen LogP contribution is -2.32. The van der Waals surface area contributed by atoms with E-state index in [0.717, 1.165) is 17.3 Å². The lowest BCUT2D eigenvalue weighted by Gasteiger charge is -2.41. The van der Waals surface area contributed by atoms with E-state index in [1.165, 1.54) is 187 Å². The predicted molar refractivity (Wildman–Crippen MR) is 250 cm³/mol. The Morgan fingerprint density at radius 3 is 1.02 bits per heavy atom. The van der Waals surface area contributed by atoms with Gasteiger partial charge in [0.2, 0.25) is 0 Å². The van der Waals surface area contributed by atoms with Gasteiger partial charge < -0.3 is 11.5 Å². The van der Waals surface area contributed by atoms with Crippen LogP contribution in [0.2, 0.25) is 0 Å². The number of benzene rings is 4. The first kappa shape index (κ1) is 44.6. The molecule has 4 N–H and O–H groups in total. The fraction of sp³-hybridized carbons (Fsp3) is 0.564. The lowest BCUT2D eigenvalue weighted by atomic mass is 9.63. The van der Waals surface area contributed by atoms with Crippen LogP contribution in [0.3, 0.4) is 0 Å². The number of nitrogens with two attached hydrogens (primary N) is 2. The quantitative estimate of drug-likeness (QED) is 0.0494. The van der Waals surface area contributed by atoms with Gasteiger partial charge in [0.1, 0.15) is 0 Å². The van der Waals surface area contributed by atoms with Crippen LogP contribution in [-0.2, 0) is 5.41 Å². The Balaban J connectivity index is 1.30. The van der Waals surface area contributed by atoms with Crippen LogP contribution in [0.1, 0.15) is 220 Å². The van der Waals surface area contributed by atoms with Crippen molar-refractivity contribution in [1.29, 1.82) is 0 Å². The molecule has 0 aliphatic heterocycles. The molecule has 2 atom stereocenters. The van der Waals surface area contributed by atoms with Gasteiger partial charge in [-0.3, -0.25) is 0 Å². The highest BCUT2D eigenvalue weighted by atomic mass is 14.5. The lowest BCUT2D eigenvalue weighted by molar-refractivity contribution is 0.280. The molecule has 57 heavy (non-hydrogen) atoms. The zero-order valence-electron chi connectivity index (χ0n) is 36.6. The first-order chi connectivity index (χ1) is 27.9. The van der Waals surface area contributed by atoms with Crippen molar-refractivity contribution >= 4 is 11.4 Å². The molecule has 1 aliphatic carbocycles. The Bertz CT molecular complexity index is 1510. The number of nitrogen functional groups attached to an aromatic ring is 2. The van der Waals surface area contributed by atoms with Crippen LogP contribution in [-0.4, -0.2) is 0 Å². The summed E-state index contributed by atoms with van der Waals surface area (Å²) in [5.41, 5.74) is 22.7. The highest BCUT2D eigenvalue weighted by Gasteiger charge is 2.37. The molecule has 0 heterocycles. The normalized spacial score (nSPS) is 18.1. The first-order valence-corrected chi connectivity index (χ1v) is 23.8. The molecular weight excluding hydrogens is 689 g/mol. The summed E-state index contributed by atoms with van der Waals surface area (Å²) >= 11 is 0. The first-order valence-electron chi connectivity index (χ1n) is 23.8. The van der Waals surface area contributed by atoms with Gasteiger partial charge in [-0.05, 0) is 102 Å². The SMILES string of the molecule is CCCCCCCCCCCC(c1ccc(N)cc1)c1ccc(C2(c3ccc(C(CCCCCCCCCCC)c4ccc(N)cc4)cc3)CCC(C)CC2)cc1. The summed E-state index contributed by atoms with van der Waals surface area (Å²) in [7, 11) is 0. The molecule has 4 aromatic carbocycles. The van der Waals surface area contributed by atoms with Gasteiger partial charge in [0.25, 0.3) is 0 Å². The van der Waals surface area contributed by atoms with E-state index in [-0.39, 0.29) is 5.41 Å². The molecule has 0 bridgehead atoms. The molecule has 0 radical (unpaired) electrons. The number of anilines is 2. The van der Waals surface area contributed by atoms with Crippen molar-refractivity contribution in [2.45, 2.75) is 192 Å². The topological polar surface area (TPSA) is 52.0 Å². The van der Waals surface area contributed by atoms with E-state index in [1.54, 1.807) is 0 Å². The van der Waals surface area contributed by atoms with E-state index in [4.69, 9.17) is 11.5 Å². The third-order valence-corrected chi connectivity index (χ3v) is 13.7. The standard InChI is InChI=1S/C55H80N2/c1-4-6-8-10-12-14-16-18-20-22-53(47-28-36-51(56)37-29-47)45-24-32-49(33-25-45)55(42-40-44(3)41-43-55)50-34-26-46(27-35-50)54(48-30-38-52(57)39-31-48)23-21-19-17-15-13-11-9-7-5-2/h24-39,44,53-54H,4-23,40-43,56-57H2,1-3H3. The molecule has 5 rings (SSSR count). The van der Waals surface area contributed by atoms with Gasteiger partial charge >= 0.3 is 0 Å². The highest BCUT2D eigenvalue weighted by molar-refractivity contribution is 5.47. The maximum Gasteiger partial charge on any atom is 0.0314 e. The van der Waals surface area contributed by atoms with Crippen molar-refractivity contribution in [2.75, 3.05) is 11.5 Å². The molecule has 2 nitrogen and oxygen atoms in total. The minimum absolute atomic E-state index is 0.0607. The minimum Gasteiger partial charge on any atom is -0.399 e. The number of hydrogen-bond acceptors (Lipinski definition) is 2. The fourth-order valence-electron chi connectivity index (χ4n) is 9.89. The monoisotopic (exact) mass is 769 g/mol. The molecule has 0 aromatic heterocycles.